The topological polar surface area (TPSA) is 86.2 Å². The number of rotatable bonds is 5. The van der Waals surface area contributed by atoms with E-state index in [-0.39, 0.29) is 0 Å². The van der Waals surface area contributed by atoms with Crippen LogP contribution >= 0.6 is 15.9 Å². The molecule has 30 heavy (non-hydrogen) atoms. The molecular weight excluding hydrogens is 448 g/mol. The number of benzene rings is 2. The maximum atomic E-state index is 12.9. The van der Waals surface area contributed by atoms with Crippen molar-refractivity contribution in [2.24, 2.45) is 19.2 Å². The summed E-state index contributed by atoms with van der Waals surface area (Å²) in [7, 11) is 3.06. The first-order valence-corrected chi connectivity index (χ1v) is 10.00. The van der Waals surface area contributed by atoms with E-state index in [0.29, 0.717) is 23.7 Å². The summed E-state index contributed by atoms with van der Waals surface area (Å²) in [5.74, 6) is 0.374. The number of hydrogen-bond acceptors (Lipinski definition) is 5. The van der Waals surface area contributed by atoms with Gasteiger partial charge in [0.1, 0.15) is 0 Å². The summed E-state index contributed by atoms with van der Waals surface area (Å²) in [6.45, 7) is 0.389. The molecule has 4 rings (SSSR count). The molecule has 0 aliphatic rings. The minimum absolute atomic E-state index is 0.303. The van der Waals surface area contributed by atoms with Gasteiger partial charge >= 0.3 is 5.69 Å². The molecule has 0 aliphatic carbocycles. The lowest BCUT2D eigenvalue weighted by molar-refractivity contribution is 0.702. The van der Waals surface area contributed by atoms with Crippen molar-refractivity contribution in [1.82, 2.24) is 18.7 Å². The second-order valence-corrected chi connectivity index (χ2v) is 7.72. The third kappa shape index (κ3) is 3.71. The van der Waals surface area contributed by atoms with Gasteiger partial charge in [0.2, 0.25) is 5.95 Å². The predicted octanol–water partition coefficient (Wildman–Crippen LogP) is 2.69. The van der Waals surface area contributed by atoms with E-state index < -0.39 is 11.2 Å². The second kappa shape index (κ2) is 8.11. The number of hydrogen-bond donors (Lipinski definition) is 1. The van der Waals surface area contributed by atoms with Gasteiger partial charge in [-0.1, -0.05) is 58.4 Å². The number of nitrogens with zero attached hydrogens (tertiary/aromatic N) is 5. The van der Waals surface area contributed by atoms with E-state index in [4.69, 9.17) is 0 Å². The standard InChI is InChI=1S/C21H19BrN6O2/c1-26-18-17(19(29)27(2)21(26)30)28(13-15-8-10-16(22)11-9-15)20(24-18)25-23-12-14-6-4-3-5-7-14/h3-12H,13H2,1-2H3,(H,24,25). The number of aryl methyl sites for hydroxylation is 1. The molecule has 0 amide bonds. The molecule has 0 fully saturated rings. The van der Waals surface area contributed by atoms with Crippen molar-refractivity contribution in [2.75, 3.05) is 5.43 Å². The molecule has 0 saturated carbocycles. The molecule has 8 nitrogen and oxygen atoms in total. The highest BCUT2D eigenvalue weighted by molar-refractivity contribution is 9.10. The van der Waals surface area contributed by atoms with Crippen LogP contribution < -0.4 is 16.7 Å². The van der Waals surface area contributed by atoms with Crippen LogP contribution in [0.15, 0.2) is 73.8 Å². The van der Waals surface area contributed by atoms with Gasteiger partial charge in [0.15, 0.2) is 11.2 Å². The van der Waals surface area contributed by atoms with Crippen LogP contribution in [0.2, 0.25) is 0 Å². The maximum Gasteiger partial charge on any atom is 0.332 e. The number of anilines is 1. The van der Waals surface area contributed by atoms with Crippen LogP contribution in [-0.4, -0.2) is 24.9 Å². The fourth-order valence-corrected chi connectivity index (χ4v) is 3.43. The van der Waals surface area contributed by atoms with Crippen LogP contribution in [0.5, 0.6) is 0 Å². The summed E-state index contributed by atoms with van der Waals surface area (Å²) in [5.41, 5.74) is 4.62. The van der Waals surface area contributed by atoms with Crippen molar-refractivity contribution in [3.63, 3.8) is 0 Å². The quantitative estimate of drug-likeness (QED) is 0.361. The van der Waals surface area contributed by atoms with Crippen LogP contribution in [-0.2, 0) is 20.6 Å². The van der Waals surface area contributed by atoms with Crippen LogP contribution in [0, 0.1) is 0 Å². The Kier molecular flexibility index (Phi) is 5.37. The van der Waals surface area contributed by atoms with Crippen LogP contribution in [0.4, 0.5) is 5.95 Å². The molecule has 1 N–H and O–H groups in total. The first-order chi connectivity index (χ1) is 14.5. The number of imidazole rings is 1. The second-order valence-electron chi connectivity index (χ2n) is 6.81. The van der Waals surface area contributed by atoms with Gasteiger partial charge in [0.05, 0.1) is 12.8 Å². The molecule has 2 aromatic heterocycles. The lowest BCUT2D eigenvalue weighted by Crippen LogP contribution is -2.37. The summed E-state index contributed by atoms with van der Waals surface area (Å²) in [5, 5.41) is 4.27. The van der Waals surface area contributed by atoms with E-state index in [1.54, 1.807) is 17.8 Å². The number of hydrazone groups is 1. The molecule has 0 bridgehead atoms. The lowest BCUT2D eigenvalue weighted by Gasteiger charge is -2.09. The Morgan fingerprint density at radius 1 is 1.03 bits per heavy atom. The Labute approximate surface area is 180 Å². The minimum atomic E-state index is -0.430. The van der Waals surface area contributed by atoms with Gasteiger partial charge < -0.3 is 0 Å². The smallest absolute Gasteiger partial charge is 0.298 e. The summed E-state index contributed by atoms with van der Waals surface area (Å²) in [6, 6.07) is 17.4. The molecule has 0 aliphatic heterocycles. The molecule has 2 heterocycles. The fraction of sp³-hybridized carbons (Fsp3) is 0.143. The van der Waals surface area contributed by atoms with Crippen LogP contribution in [0.3, 0.4) is 0 Å². The Balaban J connectivity index is 1.83. The largest absolute Gasteiger partial charge is 0.332 e. The molecule has 2 aromatic carbocycles. The highest BCUT2D eigenvalue weighted by atomic mass is 79.9. The monoisotopic (exact) mass is 466 g/mol. The molecule has 0 saturated heterocycles. The predicted molar refractivity (Wildman–Crippen MR) is 121 cm³/mol. The number of aromatic nitrogens is 4. The Hall–Kier alpha value is -3.46. The molecule has 0 unspecified atom stereocenters. The van der Waals surface area contributed by atoms with E-state index in [1.807, 2.05) is 54.6 Å². The summed E-state index contributed by atoms with van der Waals surface area (Å²) >= 11 is 3.43. The Morgan fingerprint density at radius 3 is 2.43 bits per heavy atom. The first kappa shape index (κ1) is 19.8. The van der Waals surface area contributed by atoms with Crippen LogP contribution in [0.25, 0.3) is 11.2 Å². The van der Waals surface area contributed by atoms with Crippen molar-refractivity contribution >= 4 is 39.3 Å². The average Bonchev–Trinajstić information content (AvgIpc) is 3.11. The molecule has 152 valence electrons. The average molecular weight is 467 g/mol. The number of halogens is 1. The van der Waals surface area contributed by atoms with Gasteiger partial charge in [-0.15, -0.1) is 0 Å². The fourth-order valence-electron chi connectivity index (χ4n) is 3.16. The first-order valence-electron chi connectivity index (χ1n) is 9.20. The Bertz CT molecular complexity index is 1350. The lowest BCUT2D eigenvalue weighted by atomic mass is 10.2. The minimum Gasteiger partial charge on any atom is -0.298 e. The van der Waals surface area contributed by atoms with E-state index in [9.17, 15) is 9.59 Å². The highest BCUT2D eigenvalue weighted by Gasteiger charge is 2.19. The van der Waals surface area contributed by atoms with E-state index in [1.165, 1.54) is 11.6 Å². The summed E-state index contributed by atoms with van der Waals surface area (Å²) in [6.07, 6.45) is 1.67. The molecule has 4 aromatic rings. The third-order valence-electron chi connectivity index (χ3n) is 4.78. The number of nitrogens with one attached hydrogen (secondary N) is 1. The van der Waals surface area contributed by atoms with Gasteiger partial charge in [0, 0.05) is 18.6 Å². The van der Waals surface area contributed by atoms with Crippen molar-refractivity contribution in [1.29, 1.82) is 0 Å². The maximum absolute atomic E-state index is 12.9. The van der Waals surface area contributed by atoms with Crippen molar-refractivity contribution < 1.29 is 0 Å². The molecular formula is C21H19BrN6O2. The Morgan fingerprint density at radius 2 is 1.73 bits per heavy atom. The van der Waals surface area contributed by atoms with Gasteiger partial charge in [-0.05, 0) is 23.3 Å². The van der Waals surface area contributed by atoms with E-state index in [0.717, 1.165) is 20.2 Å². The van der Waals surface area contributed by atoms with Gasteiger partial charge in [-0.25, -0.2) is 10.2 Å². The zero-order valence-electron chi connectivity index (χ0n) is 16.4. The van der Waals surface area contributed by atoms with Gasteiger partial charge in [0.25, 0.3) is 5.56 Å². The van der Waals surface area contributed by atoms with E-state index >= 15 is 0 Å². The van der Waals surface area contributed by atoms with Crippen molar-refractivity contribution in [2.45, 2.75) is 6.54 Å². The molecule has 9 heteroatoms. The van der Waals surface area contributed by atoms with E-state index in [2.05, 4.69) is 31.4 Å². The highest BCUT2D eigenvalue weighted by Crippen LogP contribution is 2.19. The molecule has 0 atom stereocenters. The zero-order chi connectivity index (χ0) is 21.3. The van der Waals surface area contributed by atoms with Gasteiger partial charge in [-0.2, -0.15) is 10.1 Å². The normalized spacial score (nSPS) is 11.4. The van der Waals surface area contributed by atoms with Crippen LogP contribution in [0.1, 0.15) is 11.1 Å². The summed E-state index contributed by atoms with van der Waals surface area (Å²) in [4.78, 5) is 29.7. The van der Waals surface area contributed by atoms with Crippen molar-refractivity contribution in [3.8, 4) is 0 Å². The SMILES string of the molecule is Cn1c(=O)c2c(nc(NN=Cc3ccccc3)n2Cc2ccc(Br)cc2)n(C)c1=O. The summed E-state index contributed by atoms with van der Waals surface area (Å²) < 4.78 is 5.15. The zero-order valence-corrected chi connectivity index (χ0v) is 18.0. The molecule has 0 radical (unpaired) electrons. The third-order valence-corrected chi connectivity index (χ3v) is 5.31. The number of fused-ring (bicyclic) bond motifs is 1. The van der Waals surface area contributed by atoms with Gasteiger partial charge in [-0.3, -0.25) is 18.5 Å². The molecule has 0 spiro atoms. The van der Waals surface area contributed by atoms with Crippen molar-refractivity contribution in [3.05, 3.63) is 91.0 Å².